The summed E-state index contributed by atoms with van der Waals surface area (Å²) in [7, 11) is 0. The molecular formula is C17H14BrN3OS. The van der Waals surface area contributed by atoms with E-state index in [2.05, 4.69) is 26.3 Å². The summed E-state index contributed by atoms with van der Waals surface area (Å²) in [6, 6.07) is 13.5. The summed E-state index contributed by atoms with van der Waals surface area (Å²) >= 11 is 5.09. The van der Waals surface area contributed by atoms with Gasteiger partial charge in [-0.15, -0.1) is 11.3 Å². The van der Waals surface area contributed by atoms with Gasteiger partial charge in [0.15, 0.2) is 0 Å². The van der Waals surface area contributed by atoms with Crippen molar-refractivity contribution in [2.24, 2.45) is 0 Å². The molecule has 0 aliphatic rings. The molecule has 0 bridgehead atoms. The molecule has 0 aliphatic carbocycles. The predicted octanol–water partition coefficient (Wildman–Crippen LogP) is 4.41. The summed E-state index contributed by atoms with van der Waals surface area (Å²) in [5.41, 5.74) is 0.986. The summed E-state index contributed by atoms with van der Waals surface area (Å²) in [4.78, 5) is 13.2. The Labute approximate surface area is 146 Å². The highest BCUT2D eigenvalue weighted by atomic mass is 79.9. The summed E-state index contributed by atoms with van der Waals surface area (Å²) in [6.07, 6.45) is 4.99. The van der Waals surface area contributed by atoms with E-state index in [9.17, 15) is 4.79 Å². The van der Waals surface area contributed by atoms with Crippen LogP contribution in [-0.2, 0) is 11.3 Å². The second-order valence-corrected chi connectivity index (χ2v) is 6.75. The standard InChI is InChI=1S/C17H14BrN3OS/c18-14-10-15(23-12-14)11-21-16(8-9-19-21)20-17(22)7-6-13-4-2-1-3-5-13/h1-10,12H,11H2,(H,20,22). The number of nitrogens with one attached hydrogen (secondary N) is 1. The maximum Gasteiger partial charge on any atom is 0.249 e. The molecule has 6 heteroatoms. The quantitative estimate of drug-likeness (QED) is 0.659. The van der Waals surface area contributed by atoms with Crippen molar-refractivity contribution in [3.05, 3.63) is 75.0 Å². The van der Waals surface area contributed by atoms with Gasteiger partial charge < -0.3 is 5.32 Å². The number of thiophene rings is 1. The lowest BCUT2D eigenvalue weighted by Crippen LogP contribution is -2.13. The molecule has 0 fully saturated rings. The van der Waals surface area contributed by atoms with Crippen LogP contribution in [0.25, 0.3) is 6.08 Å². The lowest BCUT2D eigenvalue weighted by molar-refractivity contribution is -0.111. The number of nitrogens with zero attached hydrogens (tertiary/aromatic N) is 2. The van der Waals surface area contributed by atoms with E-state index in [1.54, 1.807) is 34.4 Å². The van der Waals surface area contributed by atoms with Gasteiger partial charge in [0.25, 0.3) is 0 Å². The van der Waals surface area contributed by atoms with E-state index in [-0.39, 0.29) is 5.91 Å². The number of amides is 1. The minimum atomic E-state index is -0.178. The number of carbonyl (C=O) groups excluding carboxylic acids is 1. The van der Waals surface area contributed by atoms with Crippen molar-refractivity contribution in [3.8, 4) is 0 Å². The minimum absolute atomic E-state index is 0.178. The van der Waals surface area contributed by atoms with Crippen molar-refractivity contribution in [1.29, 1.82) is 0 Å². The summed E-state index contributed by atoms with van der Waals surface area (Å²) in [5.74, 6) is 0.500. The van der Waals surface area contributed by atoms with Gasteiger partial charge in [0.1, 0.15) is 5.82 Å². The van der Waals surface area contributed by atoms with Gasteiger partial charge in [-0.05, 0) is 33.6 Å². The second-order valence-electron chi connectivity index (χ2n) is 4.84. The molecular weight excluding hydrogens is 374 g/mol. The van der Waals surface area contributed by atoms with Crippen molar-refractivity contribution in [2.45, 2.75) is 6.54 Å². The Morgan fingerprint density at radius 2 is 2.13 bits per heavy atom. The van der Waals surface area contributed by atoms with E-state index in [0.717, 1.165) is 14.9 Å². The fourth-order valence-electron chi connectivity index (χ4n) is 2.05. The molecule has 1 aromatic carbocycles. The smallest absolute Gasteiger partial charge is 0.249 e. The zero-order valence-electron chi connectivity index (χ0n) is 12.1. The van der Waals surface area contributed by atoms with Crippen LogP contribution in [0.5, 0.6) is 0 Å². The van der Waals surface area contributed by atoms with E-state index >= 15 is 0 Å². The molecule has 1 N–H and O–H groups in total. The van der Waals surface area contributed by atoms with Crippen LogP contribution >= 0.6 is 27.3 Å². The van der Waals surface area contributed by atoms with Crippen molar-refractivity contribution < 1.29 is 4.79 Å². The molecule has 2 heterocycles. The number of aromatic nitrogens is 2. The molecule has 3 rings (SSSR count). The SMILES string of the molecule is O=C(C=Cc1ccccc1)Nc1ccnn1Cc1cc(Br)cs1. The lowest BCUT2D eigenvalue weighted by Gasteiger charge is -2.06. The van der Waals surface area contributed by atoms with Crippen LogP contribution in [0.1, 0.15) is 10.4 Å². The molecule has 2 aromatic heterocycles. The predicted molar refractivity (Wildman–Crippen MR) is 97.5 cm³/mol. The Kier molecular flexibility index (Phi) is 5.05. The molecule has 23 heavy (non-hydrogen) atoms. The maximum atomic E-state index is 12.0. The van der Waals surface area contributed by atoms with E-state index in [1.807, 2.05) is 41.8 Å². The van der Waals surface area contributed by atoms with Crippen LogP contribution in [0.2, 0.25) is 0 Å². The van der Waals surface area contributed by atoms with E-state index in [0.29, 0.717) is 12.4 Å². The summed E-state index contributed by atoms with van der Waals surface area (Å²) < 4.78 is 2.83. The van der Waals surface area contributed by atoms with Gasteiger partial charge in [0.2, 0.25) is 5.91 Å². The molecule has 0 aliphatic heterocycles. The highest BCUT2D eigenvalue weighted by Gasteiger charge is 2.07. The van der Waals surface area contributed by atoms with Crippen molar-refractivity contribution >= 4 is 45.1 Å². The zero-order valence-corrected chi connectivity index (χ0v) is 14.5. The summed E-state index contributed by atoms with van der Waals surface area (Å²) in [6.45, 7) is 0.626. The van der Waals surface area contributed by atoms with E-state index in [1.165, 1.54) is 6.08 Å². The first-order valence-corrected chi connectivity index (χ1v) is 8.67. The molecule has 3 aromatic rings. The average Bonchev–Trinajstić information content (AvgIpc) is 3.16. The minimum Gasteiger partial charge on any atom is -0.307 e. The van der Waals surface area contributed by atoms with E-state index in [4.69, 9.17) is 0 Å². The van der Waals surface area contributed by atoms with Crippen LogP contribution in [-0.4, -0.2) is 15.7 Å². The molecule has 0 saturated carbocycles. The van der Waals surface area contributed by atoms with Gasteiger partial charge in [-0.25, -0.2) is 4.68 Å². The van der Waals surface area contributed by atoms with Crippen LogP contribution in [0.4, 0.5) is 5.82 Å². The normalized spacial score (nSPS) is 11.0. The third-order valence-corrected chi connectivity index (χ3v) is 4.80. The van der Waals surface area contributed by atoms with Crippen LogP contribution < -0.4 is 5.32 Å². The number of anilines is 1. The van der Waals surface area contributed by atoms with Gasteiger partial charge in [0, 0.05) is 26.9 Å². The number of benzene rings is 1. The van der Waals surface area contributed by atoms with Crippen molar-refractivity contribution in [2.75, 3.05) is 5.32 Å². The Balaban J connectivity index is 1.65. The van der Waals surface area contributed by atoms with Gasteiger partial charge in [-0.1, -0.05) is 30.3 Å². The molecule has 4 nitrogen and oxygen atoms in total. The molecule has 0 radical (unpaired) electrons. The van der Waals surface area contributed by atoms with Crippen LogP contribution in [0, 0.1) is 0 Å². The Morgan fingerprint density at radius 1 is 1.30 bits per heavy atom. The zero-order chi connectivity index (χ0) is 16.1. The van der Waals surface area contributed by atoms with Gasteiger partial charge in [-0.3, -0.25) is 4.79 Å². The highest BCUT2D eigenvalue weighted by molar-refractivity contribution is 9.10. The molecule has 0 atom stereocenters. The molecule has 1 amide bonds. The largest absolute Gasteiger partial charge is 0.307 e. The molecule has 0 saturated heterocycles. The topological polar surface area (TPSA) is 46.9 Å². The Bertz CT molecular complexity index is 823. The molecule has 0 spiro atoms. The number of carbonyl (C=O) groups is 1. The highest BCUT2D eigenvalue weighted by Crippen LogP contribution is 2.21. The van der Waals surface area contributed by atoms with Crippen molar-refractivity contribution in [1.82, 2.24) is 9.78 Å². The third kappa shape index (κ3) is 4.40. The second kappa shape index (κ2) is 7.39. The van der Waals surface area contributed by atoms with Crippen molar-refractivity contribution in [3.63, 3.8) is 0 Å². The molecule has 0 unspecified atom stereocenters. The monoisotopic (exact) mass is 387 g/mol. The number of rotatable bonds is 5. The van der Waals surface area contributed by atoms with E-state index < -0.39 is 0 Å². The first-order valence-electron chi connectivity index (χ1n) is 6.99. The first-order chi connectivity index (χ1) is 11.2. The first kappa shape index (κ1) is 15.7. The maximum absolute atomic E-state index is 12.0. The summed E-state index contributed by atoms with van der Waals surface area (Å²) in [5, 5.41) is 9.14. The van der Waals surface area contributed by atoms with Crippen LogP contribution in [0.15, 0.2) is 64.6 Å². The number of halogens is 1. The van der Waals surface area contributed by atoms with Gasteiger partial charge in [-0.2, -0.15) is 5.10 Å². The van der Waals surface area contributed by atoms with Gasteiger partial charge in [0.05, 0.1) is 12.7 Å². The Morgan fingerprint density at radius 3 is 2.87 bits per heavy atom. The lowest BCUT2D eigenvalue weighted by atomic mass is 10.2. The van der Waals surface area contributed by atoms with Crippen LogP contribution in [0.3, 0.4) is 0 Å². The fourth-order valence-corrected chi connectivity index (χ4v) is 3.49. The average molecular weight is 388 g/mol. The number of hydrogen-bond acceptors (Lipinski definition) is 3. The fraction of sp³-hybridized carbons (Fsp3) is 0.0588. The molecule has 116 valence electrons. The third-order valence-electron chi connectivity index (χ3n) is 3.12. The Hall–Kier alpha value is -2.18. The number of hydrogen-bond donors (Lipinski definition) is 1. The van der Waals surface area contributed by atoms with Gasteiger partial charge >= 0.3 is 0 Å².